The number of aliphatic hydroxyl groups is 1. The van der Waals surface area contributed by atoms with Crippen molar-refractivity contribution < 1.29 is 32.9 Å². The number of unbranched alkanes of at least 4 members (excludes halogenated alkanes) is 52. The number of amides is 1. The van der Waals surface area contributed by atoms with Crippen LogP contribution >= 0.6 is 7.82 Å². The zero-order valence-corrected chi connectivity index (χ0v) is 64.3. The van der Waals surface area contributed by atoms with Gasteiger partial charge in [-0.2, -0.15) is 0 Å². The van der Waals surface area contributed by atoms with Gasteiger partial charge in [0.2, 0.25) is 5.91 Å². The minimum absolute atomic E-state index is 0.0135. The van der Waals surface area contributed by atoms with Crippen LogP contribution in [0.25, 0.3) is 0 Å². The molecule has 0 spiro atoms. The molecule has 1 amide bonds. The van der Waals surface area contributed by atoms with Crippen LogP contribution in [0.5, 0.6) is 0 Å². The molecule has 2 N–H and O–H groups in total. The van der Waals surface area contributed by atoms with E-state index in [0.29, 0.717) is 23.9 Å². The Balaban J connectivity index is 3.90. The molecule has 0 aliphatic heterocycles. The molecule has 94 heavy (non-hydrogen) atoms. The van der Waals surface area contributed by atoms with E-state index in [-0.39, 0.29) is 19.1 Å². The fourth-order valence-corrected chi connectivity index (χ4v) is 13.4. The number of carbonyl (C=O) groups excluding carboxylic acids is 1. The Morgan fingerprint density at radius 3 is 0.947 bits per heavy atom. The van der Waals surface area contributed by atoms with E-state index in [1.807, 2.05) is 21.1 Å². The van der Waals surface area contributed by atoms with E-state index in [4.69, 9.17) is 9.05 Å². The van der Waals surface area contributed by atoms with Gasteiger partial charge in [-0.15, -0.1) is 0 Å². The molecule has 0 aromatic rings. The fraction of sp³-hybridized carbons (Fsp3) is 0.847. The number of quaternary nitrogens is 1. The average molecular weight is 1340 g/mol. The number of nitrogens with one attached hydrogen (secondary N) is 1. The van der Waals surface area contributed by atoms with Crippen molar-refractivity contribution in [1.29, 1.82) is 0 Å². The van der Waals surface area contributed by atoms with E-state index < -0.39 is 20.0 Å². The van der Waals surface area contributed by atoms with Crippen LogP contribution in [0.4, 0.5) is 0 Å². The van der Waals surface area contributed by atoms with Gasteiger partial charge in [-0.1, -0.05) is 414 Å². The van der Waals surface area contributed by atoms with Gasteiger partial charge in [0.15, 0.2) is 0 Å². The van der Waals surface area contributed by atoms with Crippen molar-refractivity contribution in [2.24, 2.45) is 0 Å². The summed E-state index contributed by atoms with van der Waals surface area (Å²) in [5.41, 5.74) is 0. The van der Waals surface area contributed by atoms with Gasteiger partial charge in [0, 0.05) is 6.42 Å². The van der Waals surface area contributed by atoms with Crippen molar-refractivity contribution in [3.05, 3.63) is 72.9 Å². The Hall–Kier alpha value is -2.06. The van der Waals surface area contributed by atoms with Gasteiger partial charge in [-0.3, -0.25) is 9.36 Å². The highest BCUT2D eigenvalue weighted by Gasteiger charge is 2.24. The summed E-state index contributed by atoms with van der Waals surface area (Å²) in [7, 11) is 1.32. The molecule has 8 nitrogen and oxygen atoms in total. The molecule has 0 fully saturated rings. The third-order valence-electron chi connectivity index (χ3n) is 19.0. The highest BCUT2D eigenvalue weighted by molar-refractivity contribution is 7.45. The SMILES string of the molecule is CC/C=C\C/C=C\C/C=C\C/C=C\C/C=C\C/C=C\CCCCCCCCCCCCCCCCCCCCCCCCC(=O)NC(COP(=O)([O-])OCC[N+](C)(C)C)C(O)CCCCCCCCCCCCCCCCCCCCCCCCCCCCCCCCC. The van der Waals surface area contributed by atoms with Crippen LogP contribution in [0.2, 0.25) is 0 Å². The van der Waals surface area contributed by atoms with Crippen molar-refractivity contribution in [3.63, 3.8) is 0 Å². The summed E-state index contributed by atoms with van der Waals surface area (Å²) in [6.07, 6.45) is 106. The summed E-state index contributed by atoms with van der Waals surface area (Å²) in [5.74, 6) is -0.157. The highest BCUT2D eigenvalue weighted by Crippen LogP contribution is 2.38. The van der Waals surface area contributed by atoms with Crippen LogP contribution in [-0.2, 0) is 18.4 Å². The predicted octanol–water partition coefficient (Wildman–Crippen LogP) is 26.6. The van der Waals surface area contributed by atoms with Crippen LogP contribution in [0, 0.1) is 0 Å². The first-order valence-corrected chi connectivity index (χ1v) is 42.7. The van der Waals surface area contributed by atoms with Gasteiger partial charge in [0.1, 0.15) is 13.2 Å². The first-order chi connectivity index (χ1) is 46.0. The summed E-state index contributed by atoms with van der Waals surface area (Å²) >= 11 is 0. The molecule has 0 aliphatic carbocycles. The van der Waals surface area contributed by atoms with Crippen LogP contribution in [0.3, 0.4) is 0 Å². The third kappa shape index (κ3) is 77.3. The second-order valence-corrected chi connectivity index (χ2v) is 30.9. The summed E-state index contributed by atoms with van der Waals surface area (Å²) < 4.78 is 23.6. The smallest absolute Gasteiger partial charge is 0.268 e. The number of phosphoric ester groups is 1. The lowest BCUT2D eigenvalue weighted by molar-refractivity contribution is -0.870. The number of allylic oxidation sites excluding steroid dienone is 12. The van der Waals surface area contributed by atoms with Crippen molar-refractivity contribution in [1.82, 2.24) is 5.32 Å². The van der Waals surface area contributed by atoms with E-state index >= 15 is 0 Å². The standard InChI is InChI=1S/C85H161N2O6P/c1-6-8-10-12-14-16-18-20-22-24-26-28-30-32-34-36-38-39-40-41-42-43-44-45-46-47-49-51-53-55-57-59-61-63-65-67-69-71-73-75-77-79-85(89)86-83(82-93-94(90,91)92-81-80-87(3,4)5)84(88)78-76-74-72-70-68-66-64-62-60-58-56-54-52-50-48-37-35-33-31-29-27-25-23-21-19-17-15-13-11-9-7-2/h8,10,14,16,20,22,26,28,32,34,38-39,83-84,88H,6-7,9,11-13,15,17-19,21,23-25,27,29-31,33,35-37,40-82H2,1-5H3,(H-,86,89,90,91)/b10-8-,16-14-,22-20-,28-26-,34-32-,39-38-. The highest BCUT2D eigenvalue weighted by atomic mass is 31.2. The van der Waals surface area contributed by atoms with Gasteiger partial charge >= 0.3 is 0 Å². The summed E-state index contributed by atoms with van der Waals surface area (Å²) in [6, 6.07) is -0.803. The van der Waals surface area contributed by atoms with Crippen molar-refractivity contribution in [3.8, 4) is 0 Å². The fourth-order valence-electron chi connectivity index (χ4n) is 12.6. The first kappa shape index (κ1) is 91.9. The van der Waals surface area contributed by atoms with Crippen LogP contribution in [0.1, 0.15) is 412 Å². The average Bonchev–Trinajstić information content (AvgIpc) is 1.77. The molecular formula is C85H161N2O6P. The van der Waals surface area contributed by atoms with E-state index in [0.717, 1.165) is 77.0 Å². The summed E-state index contributed by atoms with van der Waals surface area (Å²) in [5, 5.41) is 14.2. The molecule has 3 atom stereocenters. The quantitative estimate of drug-likeness (QED) is 0.0272. The lowest BCUT2D eigenvalue weighted by Crippen LogP contribution is -2.46. The molecule has 552 valence electrons. The van der Waals surface area contributed by atoms with E-state index in [1.165, 1.54) is 308 Å². The number of likely N-dealkylation sites (N-methyl/N-ethyl adjacent to an activating group) is 1. The molecular weight excluding hydrogens is 1180 g/mol. The Labute approximate surface area is 586 Å². The Morgan fingerprint density at radius 1 is 0.383 bits per heavy atom. The third-order valence-corrected chi connectivity index (χ3v) is 19.9. The number of nitrogens with zero attached hydrogens (tertiary/aromatic N) is 1. The van der Waals surface area contributed by atoms with Crippen LogP contribution in [-0.4, -0.2) is 68.5 Å². The zero-order valence-electron chi connectivity index (χ0n) is 63.4. The topological polar surface area (TPSA) is 108 Å². The molecule has 0 radical (unpaired) electrons. The number of phosphoric acid groups is 1. The molecule has 0 saturated heterocycles. The maximum Gasteiger partial charge on any atom is 0.268 e. The largest absolute Gasteiger partial charge is 0.756 e. The Bertz CT molecular complexity index is 1770. The lowest BCUT2D eigenvalue weighted by atomic mass is 10.0. The molecule has 0 rings (SSSR count). The minimum Gasteiger partial charge on any atom is -0.756 e. The second-order valence-electron chi connectivity index (χ2n) is 29.5. The van der Waals surface area contributed by atoms with E-state index in [1.54, 1.807) is 0 Å². The van der Waals surface area contributed by atoms with Crippen LogP contribution in [0.15, 0.2) is 72.9 Å². The van der Waals surface area contributed by atoms with Crippen molar-refractivity contribution >= 4 is 13.7 Å². The maximum atomic E-state index is 13.1. The molecule has 3 unspecified atom stereocenters. The number of carbonyl (C=O) groups is 1. The zero-order chi connectivity index (χ0) is 68.3. The normalized spacial score (nSPS) is 13.8. The van der Waals surface area contributed by atoms with Crippen LogP contribution < -0.4 is 10.2 Å². The number of hydrogen-bond donors (Lipinski definition) is 2. The second kappa shape index (κ2) is 75.1. The molecule has 0 bridgehead atoms. The number of aliphatic hydroxyl groups excluding tert-OH is 1. The Kier molecular flexibility index (Phi) is 73.5. The maximum absolute atomic E-state index is 13.1. The van der Waals surface area contributed by atoms with Crippen molar-refractivity contribution in [2.75, 3.05) is 40.9 Å². The monoisotopic (exact) mass is 1340 g/mol. The van der Waals surface area contributed by atoms with Gasteiger partial charge in [0.05, 0.1) is 39.9 Å². The molecule has 9 heteroatoms. The van der Waals surface area contributed by atoms with Gasteiger partial charge in [-0.25, -0.2) is 0 Å². The van der Waals surface area contributed by atoms with Gasteiger partial charge in [-0.05, 0) is 64.2 Å². The van der Waals surface area contributed by atoms with Gasteiger partial charge < -0.3 is 28.8 Å². The predicted molar refractivity (Wildman–Crippen MR) is 413 cm³/mol. The summed E-state index contributed by atoms with van der Waals surface area (Å²) in [6.45, 7) is 4.67. The van der Waals surface area contributed by atoms with Crippen molar-refractivity contribution in [2.45, 2.75) is 424 Å². The Morgan fingerprint density at radius 2 is 0.649 bits per heavy atom. The molecule has 0 aromatic carbocycles. The number of hydrogen-bond acceptors (Lipinski definition) is 6. The minimum atomic E-state index is -4.59. The summed E-state index contributed by atoms with van der Waals surface area (Å²) in [4.78, 5) is 25.8. The number of rotatable bonds is 77. The molecule has 0 aliphatic rings. The molecule has 0 saturated carbocycles. The lowest BCUT2D eigenvalue weighted by Gasteiger charge is -2.30. The first-order valence-electron chi connectivity index (χ1n) is 41.3. The molecule has 0 aromatic heterocycles. The van der Waals surface area contributed by atoms with Gasteiger partial charge in [0.25, 0.3) is 7.82 Å². The molecule has 0 heterocycles. The van der Waals surface area contributed by atoms with E-state index in [2.05, 4.69) is 92.1 Å². The van der Waals surface area contributed by atoms with E-state index in [9.17, 15) is 19.4 Å².